The van der Waals surface area contributed by atoms with Gasteiger partial charge in [0, 0.05) is 46.1 Å². The second kappa shape index (κ2) is 12.6. The van der Waals surface area contributed by atoms with Crippen LogP contribution in [0.1, 0.15) is 12.8 Å². The Morgan fingerprint density at radius 3 is 2.71 bits per heavy atom. The lowest BCUT2D eigenvalue weighted by molar-refractivity contribution is 0.203. The highest BCUT2D eigenvalue weighted by molar-refractivity contribution is 14.0. The number of methoxy groups -OCH3 is 1. The molecule has 0 unspecified atom stereocenters. The number of hydrogen-bond donors (Lipinski definition) is 2. The van der Waals surface area contributed by atoms with E-state index in [9.17, 15) is 4.79 Å². The third kappa shape index (κ3) is 8.71. The van der Waals surface area contributed by atoms with Crippen LogP contribution in [-0.2, 0) is 11.3 Å². The van der Waals surface area contributed by atoms with E-state index in [1.54, 1.807) is 30.9 Å². The molecule has 0 fully saturated rings. The summed E-state index contributed by atoms with van der Waals surface area (Å²) >= 11 is 0. The molecule has 1 aromatic heterocycles. The van der Waals surface area contributed by atoms with Crippen LogP contribution in [0.2, 0.25) is 0 Å². The second-order valence-electron chi connectivity index (χ2n) is 4.36. The van der Waals surface area contributed by atoms with E-state index >= 15 is 0 Å². The first-order chi connectivity index (χ1) is 9.77. The summed E-state index contributed by atoms with van der Waals surface area (Å²) in [5, 5.41) is 6.37. The van der Waals surface area contributed by atoms with E-state index in [4.69, 9.17) is 4.74 Å². The standard InChI is InChI=1S/C14H24N4O2.HI/c1-15-14(17-9-12-20-2)16-8-4-6-11-18-10-5-3-7-13(18)19;/h3,5,7,10H,4,6,8-9,11-12H2,1-2H3,(H2,15,16,17);1H. The van der Waals surface area contributed by atoms with Gasteiger partial charge in [-0.05, 0) is 18.9 Å². The topological polar surface area (TPSA) is 67.7 Å². The molecule has 0 aliphatic carbocycles. The Kier molecular flexibility index (Phi) is 12.0. The van der Waals surface area contributed by atoms with Crippen LogP contribution in [0.4, 0.5) is 0 Å². The van der Waals surface area contributed by atoms with Crippen molar-refractivity contribution >= 4 is 29.9 Å². The van der Waals surface area contributed by atoms with Gasteiger partial charge < -0.3 is 19.9 Å². The van der Waals surface area contributed by atoms with Crippen molar-refractivity contribution in [3.05, 3.63) is 34.7 Å². The van der Waals surface area contributed by atoms with Gasteiger partial charge in [-0.15, -0.1) is 24.0 Å². The molecule has 7 heteroatoms. The number of halogens is 1. The molecule has 0 aromatic carbocycles. The number of hydrogen-bond acceptors (Lipinski definition) is 3. The van der Waals surface area contributed by atoms with Gasteiger partial charge in [0.05, 0.1) is 6.61 Å². The minimum absolute atomic E-state index is 0. The molecule has 0 aliphatic rings. The zero-order chi connectivity index (χ0) is 14.6. The second-order valence-corrected chi connectivity index (χ2v) is 4.36. The van der Waals surface area contributed by atoms with Crippen LogP contribution in [0, 0.1) is 0 Å². The summed E-state index contributed by atoms with van der Waals surface area (Å²) in [5.41, 5.74) is 0.0532. The van der Waals surface area contributed by atoms with E-state index in [0.29, 0.717) is 6.61 Å². The fraction of sp³-hybridized carbons (Fsp3) is 0.571. The lowest BCUT2D eigenvalue weighted by atomic mass is 10.3. The van der Waals surface area contributed by atoms with Crippen molar-refractivity contribution in [2.75, 3.05) is 33.9 Å². The highest BCUT2D eigenvalue weighted by Gasteiger charge is 1.97. The molecular weight excluding hydrogens is 383 g/mol. The van der Waals surface area contributed by atoms with Crippen LogP contribution in [0.15, 0.2) is 34.2 Å². The minimum atomic E-state index is 0. The first kappa shape index (κ1) is 19.9. The van der Waals surface area contributed by atoms with Gasteiger partial charge >= 0.3 is 0 Å². The number of unbranched alkanes of at least 4 members (excludes halogenated alkanes) is 1. The summed E-state index contributed by atoms with van der Waals surface area (Å²) in [6, 6.07) is 5.22. The number of pyridine rings is 1. The van der Waals surface area contributed by atoms with E-state index < -0.39 is 0 Å². The average molecular weight is 408 g/mol. The van der Waals surface area contributed by atoms with E-state index in [0.717, 1.165) is 38.4 Å². The van der Waals surface area contributed by atoms with Gasteiger partial charge in [0.15, 0.2) is 5.96 Å². The zero-order valence-electron chi connectivity index (χ0n) is 12.7. The van der Waals surface area contributed by atoms with Crippen molar-refractivity contribution < 1.29 is 4.74 Å². The van der Waals surface area contributed by atoms with Crippen LogP contribution in [0.3, 0.4) is 0 Å². The molecule has 2 N–H and O–H groups in total. The van der Waals surface area contributed by atoms with Gasteiger partial charge in [0.2, 0.25) is 5.56 Å². The van der Waals surface area contributed by atoms with Crippen LogP contribution < -0.4 is 16.2 Å². The molecule has 0 amide bonds. The fourth-order valence-electron chi connectivity index (χ4n) is 1.75. The van der Waals surface area contributed by atoms with E-state index in [1.807, 2.05) is 12.3 Å². The Balaban J connectivity index is 0.00000400. The van der Waals surface area contributed by atoms with Crippen LogP contribution in [0.5, 0.6) is 0 Å². The molecule has 1 aromatic rings. The van der Waals surface area contributed by atoms with Gasteiger partial charge in [0.1, 0.15) is 0 Å². The number of aromatic nitrogens is 1. The quantitative estimate of drug-likeness (QED) is 0.292. The van der Waals surface area contributed by atoms with Crippen molar-refractivity contribution in [1.29, 1.82) is 0 Å². The molecule has 0 saturated carbocycles. The normalized spacial score (nSPS) is 10.9. The maximum atomic E-state index is 11.5. The van der Waals surface area contributed by atoms with Crippen molar-refractivity contribution in [3.63, 3.8) is 0 Å². The molecular formula is C14H25IN4O2. The van der Waals surface area contributed by atoms with Gasteiger partial charge in [-0.2, -0.15) is 0 Å². The monoisotopic (exact) mass is 408 g/mol. The van der Waals surface area contributed by atoms with Gasteiger partial charge in [0.25, 0.3) is 0 Å². The fourth-order valence-corrected chi connectivity index (χ4v) is 1.75. The van der Waals surface area contributed by atoms with Crippen LogP contribution in [-0.4, -0.2) is 44.4 Å². The molecule has 0 saturated heterocycles. The number of nitrogens with one attached hydrogen (secondary N) is 2. The Morgan fingerprint density at radius 2 is 2.05 bits per heavy atom. The van der Waals surface area contributed by atoms with Crippen molar-refractivity contribution in [1.82, 2.24) is 15.2 Å². The number of aryl methyl sites for hydroxylation is 1. The van der Waals surface area contributed by atoms with Crippen molar-refractivity contribution in [2.24, 2.45) is 4.99 Å². The molecule has 0 bridgehead atoms. The Morgan fingerprint density at radius 1 is 1.29 bits per heavy atom. The summed E-state index contributed by atoms with van der Waals surface area (Å²) in [5.74, 6) is 0.777. The predicted molar refractivity (Wildman–Crippen MR) is 96.6 cm³/mol. The van der Waals surface area contributed by atoms with Crippen molar-refractivity contribution in [2.45, 2.75) is 19.4 Å². The van der Waals surface area contributed by atoms with Crippen molar-refractivity contribution in [3.8, 4) is 0 Å². The summed E-state index contributed by atoms with van der Waals surface area (Å²) in [7, 11) is 3.41. The Hall–Kier alpha value is -1.09. The zero-order valence-corrected chi connectivity index (χ0v) is 15.0. The number of nitrogens with zero attached hydrogens (tertiary/aromatic N) is 2. The third-order valence-electron chi connectivity index (χ3n) is 2.84. The first-order valence-corrected chi connectivity index (χ1v) is 6.87. The smallest absolute Gasteiger partial charge is 0.250 e. The molecule has 21 heavy (non-hydrogen) atoms. The summed E-state index contributed by atoms with van der Waals surface area (Å²) in [4.78, 5) is 15.6. The summed E-state index contributed by atoms with van der Waals surface area (Å²) < 4.78 is 6.69. The largest absolute Gasteiger partial charge is 0.383 e. The van der Waals surface area contributed by atoms with Crippen LogP contribution in [0.25, 0.3) is 0 Å². The number of guanidine groups is 1. The maximum Gasteiger partial charge on any atom is 0.250 e. The maximum absolute atomic E-state index is 11.5. The molecule has 0 atom stereocenters. The molecule has 120 valence electrons. The Bertz CT molecular complexity index is 462. The summed E-state index contributed by atoms with van der Waals surface area (Å²) in [6.45, 7) is 2.96. The molecule has 1 heterocycles. The van der Waals surface area contributed by atoms with Gasteiger partial charge in [-0.3, -0.25) is 9.79 Å². The summed E-state index contributed by atoms with van der Waals surface area (Å²) in [6.07, 6.45) is 3.75. The molecule has 1 rings (SSSR count). The molecule has 0 spiro atoms. The lowest BCUT2D eigenvalue weighted by Crippen LogP contribution is -2.39. The van der Waals surface area contributed by atoms with E-state index in [1.165, 1.54) is 0 Å². The highest BCUT2D eigenvalue weighted by Crippen LogP contribution is 1.91. The molecule has 6 nitrogen and oxygen atoms in total. The first-order valence-electron chi connectivity index (χ1n) is 6.87. The van der Waals surface area contributed by atoms with E-state index in [2.05, 4.69) is 15.6 Å². The minimum Gasteiger partial charge on any atom is -0.383 e. The van der Waals surface area contributed by atoms with Gasteiger partial charge in [-0.1, -0.05) is 6.07 Å². The van der Waals surface area contributed by atoms with Gasteiger partial charge in [-0.25, -0.2) is 0 Å². The number of aliphatic imine (C=N–C) groups is 1. The highest BCUT2D eigenvalue weighted by atomic mass is 127. The third-order valence-corrected chi connectivity index (χ3v) is 2.84. The van der Waals surface area contributed by atoms with Crippen LogP contribution >= 0.6 is 24.0 Å². The number of rotatable bonds is 8. The SMILES string of the molecule is CN=C(NCCCCn1ccccc1=O)NCCOC.I. The lowest BCUT2D eigenvalue weighted by Gasteiger charge is -2.11. The number of ether oxygens (including phenoxy) is 1. The molecule has 0 radical (unpaired) electrons. The molecule has 0 aliphatic heterocycles. The Labute approximate surface area is 143 Å². The average Bonchev–Trinajstić information content (AvgIpc) is 2.47. The van der Waals surface area contributed by atoms with E-state index in [-0.39, 0.29) is 29.5 Å². The predicted octanol–water partition coefficient (Wildman–Crippen LogP) is 1.06.